The van der Waals surface area contributed by atoms with Gasteiger partial charge in [0.1, 0.15) is 5.82 Å². The fourth-order valence-corrected chi connectivity index (χ4v) is 3.30. The molecule has 1 aliphatic carbocycles. The van der Waals surface area contributed by atoms with Crippen LogP contribution in [0, 0.1) is 5.82 Å². The molecule has 0 bridgehead atoms. The molecule has 106 valence electrons. The number of halogens is 1. The first-order valence-corrected chi connectivity index (χ1v) is 6.78. The summed E-state index contributed by atoms with van der Waals surface area (Å²) in [6.45, 7) is 0.312. The number of fused-ring (bicyclic) bond motifs is 3. The number of carbonyl (C=O) groups is 1. The Morgan fingerprint density at radius 2 is 2.25 bits per heavy atom. The maximum Gasteiger partial charge on any atom is 0.311 e. The third-order valence-corrected chi connectivity index (χ3v) is 4.07. The topological polar surface area (TPSA) is 62.5 Å². The van der Waals surface area contributed by atoms with E-state index in [1.54, 1.807) is 12.1 Å². The van der Waals surface area contributed by atoms with E-state index in [1.807, 2.05) is 4.57 Å². The zero-order valence-electron chi connectivity index (χ0n) is 11.0. The molecule has 1 aromatic carbocycles. The van der Waals surface area contributed by atoms with Crippen molar-refractivity contribution < 1.29 is 19.4 Å². The second-order valence-electron chi connectivity index (χ2n) is 5.15. The molecule has 1 atom stereocenters. The molecule has 0 aliphatic heterocycles. The van der Waals surface area contributed by atoms with Gasteiger partial charge in [-0.15, -0.1) is 0 Å². The van der Waals surface area contributed by atoms with E-state index in [0.29, 0.717) is 29.4 Å². The van der Waals surface area contributed by atoms with Crippen LogP contribution in [0.15, 0.2) is 18.2 Å². The van der Waals surface area contributed by atoms with Crippen LogP contribution in [0.4, 0.5) is 4.39 Å². The zero-order valence-corrected chi connectivity index (χ0v) is 11.0. The molecule has 2 N–H and O–H groups in total. The molecule has 0 spiro atoms. The van der Waals surface area contributed by atoms with Crippen LogP contribution < -0.4 is 0 Å². The fraction of sp³-hybridized carbons (Fsp3) is 0.400. The van der Waals surface area contributed by atoms with Gasteiger partial charge in [0.05, 0.1) is 18.0 Å². The van der Waals surface area contributed by atoms with Crippen LogP contribution in [-0.4, -0.2) is 27.4 Å². The molecule has 1 heterocycles. The highest BCUT2D eigenvalue weighted by Crippen LogP contribution is 2.40. The van der Waals surface area contributed by atoms with Crippen LogP contribution >= 0.6 is 0 Å². The van der Waals surface area contributed by atoms with Crippen molar-refractivity contribution in [3.8, 4) is 0 Å². The Kier molecular flexibility index (Phi) is 3.22. The van der Waals surface area contributed by atoms with Gasteiger partial charge in [-0.05, 0) is 37.0 Å². The normalized spacial score (nSPS) is 18.2. The highest BCUT2D eigenvalue weighted by atomic mass is 19.1. The van der Waals surface area contributed by atoms with Gasteiger partial charge in [0.15, 0.2) is 0 Å². The molecule has 3 rings (SSSR count). The van der Waals surface area contributed by atoms with Crippen molar-refractivity contribution in [2.75, 3.05) is 6.61 Å². The summed E-state index contributed by atoms with van der Waals surface area (Å²) in [7, 11) is 0. The van der Waals surface area contributed by atoms with Gasteiger partial charge in [-0.1, -0.05) is 6.07 Å². The lowest BCUT2D eigenvalue weighted by molar-refractivity contribution is -0.139. The van der Waals surface area contributed by atoms with Gasteiger partial charge < -0.3 is 14.8 Å². The summed E-state index contributed by atoms with van der Waals surface area (Å²) in [5.41, 5.74) is 2.14. The van der Waals surface area contributed by atoms with Crippen LogP contribution in [0.2, 0.25) is 0 Å². The number of rotatable bonds is 3. The largest absolute Gasteiger partial charge is 0.481 e. The van der Waals surface area contributed by atoms with Crippen molar-refractivity contribution in [3.63, 3.8) is 0 Å². The quantitative estimate of drug-likeness (QED) is 0.904. The number of aliphatic carboxylic acids is 1. The number of benzene rings is 1. The van der Waals surface area contributed by atoms with E-state index in [0.717, 1.165) is 18.5 Å². The van der Waals surface area contributed by atoms with Crippen LogP contribution in [0.3, 0.4) is 0 Å². The summed E-state index contributed by atoms with van der Waals surface area (Å²) < 4.78 is 16.1. The zero-order chi connectivity index (χ0) is 14.3. The number of hydrogen-bond acceptors (Lipinski definition) is 2. The summed E-state index contributed by atoms with van der Waals surface area (Å²) in [6.07, 6.45) is 2.04. The first-order valence-electron chi connectivity index (χ1n) is 6.78. The summed E-state index contributed by atoms with van der Waals surface area (Å²) >= 11 is 0. The van der Waals surface area contributed by atoms with Gasteiger partial charge in [0.2, 0.25) is 0 Å². The lowest BCUT2D eigenvalue weighted by atomic mass is 9.85. The number of hydrogen-bond donors (Lipinski definition) is 2. The van der Waals surface area contributed by atoms with Crippen molar-refractivity contribution in [2.24, 2.45) is 0 Å². The van der Waals surface area contributed by atoms with E-state index in [2.05, 4.69) is 0 Å². The molecular formula is C15H16FNO3. The lowest BCUT2D eigenvalue weighted by Gasteiger charge is -2.21. The molecular weight excluding hydrogens is 261 g/mol. The minimum Gasteiger partial charge on any atom is -0.481 e. The van der Waals surface area contributed by atoms with Gasteiger partial charge in [-0.2, -0.15) is 0 Å². The predicted molar refractivity (Wildman–Crippen MR) is 72.3 cm³/mol. The summed E-state index contributed by atoms with van der Waals surface area (Å²) in [5.74, 6) is -1.95. The standard InChI is InChI=1S/C15H16FNO3/c16-10-4-2-6-12-14(10)13-9(15(19)20)3-1-5-11(13)17(12)7-8-18/h2,4,6,9,18H,1,3,5,7-8H2,(H,19,20). The number of carboxylic acids is 1. The van der Waals surface area contributed by atoms with Gasteiger partial charge in [-0.25, -0.2) is 4.39 Å². The molecule has 0 fully saturated rings. The molecule has 5 heteroatoms. The first-order chi connectivity index (χ1) is 9.65. The number of aromatic nitrogens is 1. The van der Waals surface area contributed by atoms with E-state index in [9.17, 15) is 19.4 Å². The maximum atomic E-state index is 14.2. The van der Waals surface area contributed by atoms with Crippen molar-refractivity contribution in [2.45, 2.75) is 31.7 Å². The van der Waals surface area contributed by atoms with Crippen molar-refractivity contribution >= 4 is 16.9 Å². The van der Waals surface area contributed by atoms with E-state index < -0.39 is 11.9 Å². The predicted octanol–water partition coefficient (Wildman–Crippen LogP) is 2.28. The van der Waals surface area contributed by atoms with E-state index in [1.165, 1.54) is 6.07 Å². The molecule has 2 aromatic rings. The van der Waals surface area contributed by atoms with E-state index >= 15 is 0 Å². The molecule has 20 heavy (non-hydrogen) atoms. The average molecular weight is 277 g/mol. The monoisotopic (exact) mass is 277 g/mol. The SMILES string of the molecule is O=C(O)C1CCCc2c1c1c(F)cccc1n2CCO. The molecule has 1 aromatic heterocycles. The van der Waals surface area contributed by atoms with Gasteiger partial charge in [0, 0.05) is 17.6 Å². The van der Waals surface area contributed by atoms with Crippen LogP contribution in [0.1, 0.15) is 30.0 Å². The molecule has 4 nitrogen and oxygen atoms in total. The van der Waals surface area contributed by atoms with E-state index in [-0.39, 0.29) is 12.4 Å². The van der Waals surface area contributed by atoms with Crippen LogP contribution in [-0.2, 0) is 17.8 Å². The number of aliphatic hydroxyl groups is 1. The third-order valence-electron chi connectivity index (χ3n) is 4.07. The minimum atomic E-state index is -0.905. The highest BCUT2D eigenvalue weighted by molar-refractivity contribution is 5.92. The van der Waals surface area contributed by atoms with Gasteiger partial charge in [0.25, 0.3) is 0 Å². The van der Waals surface area contributed by atoms with Crippen molar-refractivity contribution in [1.82, 2.24) is 4.57 Å². The Hall–Kier alpha value is -1.88. The molecule has 0 amide bonds. The number of nitrogens with zero attached hydrogens (tertiary/aromatic N) is 1. The second kappa shape index (κ2) is 4.90. The van der Waals surface area contributed by atoms with Gasteiger partial charge in [-0.3, -0.25) is 4.79 Å². The smallest absolute Gasteiger partial charge is 0.311 e. The van der Waals surface area contributed by atoms with Crippen LogP contribution in [0.5, 0.6) is 0 Å². The second-order valence-corrected chi connectivity index (χ2v) is 5.15. The number of aliphatic hydroxyl groups excluding tert-OH is 1. The Morgan fingerprint density at radius 3 is 2.95 bits per heavy atom. The molecule has 1 aliphatic rings. The van der Waals surface area contributed by atoms with Crippen molar-refractivity contribution in [1.29, 1.82) is 0 Å². The van der Waals surface area contributed by atoms with E-state index in [4.69, 9.17) is 0 Å². The Labute approximate surface area is 115 Å². The van der Waals surface area contributed by atoms with Crippen LogP contribution in [0.25, 0.3) is 10.9 Å². The Bertz CT molecular complexity index is 677. The third kappa shape index (κ3) is 1.81. The molecule has 1 unspecified atom stereocenters. The summed E-state index contributed by atoms with van der Waals surface area (Å²) in [5, 5.41) is 19.0. The fourth-order valence-electron chi connectivity index (χ4n) is 3.30. The number of carboxylic acid groups (broad SMARTS) is 1. The molecule has 0 radical (unpaired) electrons. The molecule has 0 saturated heterocycles. The first kappa shape index (κ1) is 13.1. The van der Waals surface area contributed by atoms with Gasteiger partial charge >= 0.3 is 5.97 Å². The summed E-state index contributed by atoms with van der Waals surface area (Å²) in [4.78, 5) is 11.5. The average Bonchev–Trinajstić information content (AvgIpc) is 2.75. The Morgan fingerprint density at radius 1 is 1.45 bits per heavy atom. The highest BCUT2D eigenvalue weighted by Gasteiger charge is 2.32. The lowest BCUT2D eigenvalue weighted by Crippen LogP contribution is -2.19. The molecule has 0 saturated carbocycles. The summed E-state index contributed by atoms with van der Waals surface area (Å²) in [6, 6.07) is 4.76. The van der Waals surface area contributed by atoms with Crippen molar-refractivity contribution in [3.05, 3.63) is 35.3 Å². The Balaban J connectivity index is 2.36. The maximum absolute atomic E-state index is 14.2. The minimum absolute atomic E-state index is 0.0511.